The molecule has 3 aromatic carbocycles. The molecule has 0 amide bonds. The summed E-state index contributed by atoms with van der Waals surface area (Å²) in [6.45, 7) is 4.60. The highest BCUT2D eigenvalue weighted by atomic mass is 35.5. The number of rotatable bonds is 6. The zero-order valence-electron chi connectivity index (χ0n) is 15.3. The Hall–Kier alpha value is -2.78. The van der Waals surface area contributed by atoms with Crippen molar-refractivity contribution in [2.75, 3.05) is 0 Å². The highest BCUT2D eigenvalue weighted by Crippen LogP contribution is 2.29. The maximum atomic E-state index is 11.7. The molecule has 0 heterocycles. The van der Waals surface area contributed by atoms with Crippen LogP contribution < -0.4 is 4.74 Å². The van der Waals surface area contributed by atoms with E-state index < -0.39 is 5.97 Å². The molecule has 4 heteroatoms. The maximum absolute atomic E-state index is 11.7. The lowest BCUT2D eigenvalue weighted by Crippen LogP contribution is -2.04. The van der Waals surface area contributed by atoms with Crippen LogP contribution in [0.15, 0.2) is 66.7 Å². The van der Waals surface area contributed by atoms with Gasteiger partial charge in [0, 0.05) is 5.02 Å². The summed E-state index contributed by atoms with van der Waals surface area (Å²) in [6, 6.07) is 20.6. The summed E-state index contributed by atoms with van der Waals surface area (Å²) < 4.78 is 5.79. The van der Waals surface area contributed by atoms with Crippen molar-refractivity contribution in [2.45, 2.75) is 26.4 Å². The van der Waals surface area contributed by atoms with Gasteiger partial charge in [-0.25, -0.2) is 4.79 Å². The van der Waals surface area contributed by atoms with E-state index in [2.05, 4.69) is 26.0 Å². The van der Waals surface area contributed by atoms with Crippen LogP contribution in [0, 0.1) is 0 Å². The largest absolute Gasteiger partial charge is 0.488 e. The predicted octanol–water partition coefficient (Wildman–Crippen LogP) is 6.41. The van der Waals surface area contributed by atoms with Crippen LogP contribution in [-0.4, -0.2) is 11.1 Å². The third-order valence-electron chi connectivity index (χ3n) is 4.41. The highest BCUT2D eigenvalue weighted by Gasteiger charge is 2.14. The maximum Gasteiger partial charge on any atom is 0.339 e. The molecule has 0 spiro atoms. The van der Waals surface area contributed by atoms with Gasteiger partial charge >= 0.3 is 5.97 Å². The van der Waals surface area contributed by atoms with Gasteiger partial charge in [-0.1, -0.05) is 67.9 Å². The lowest BCUT2D eigenvalue weighted by atomic mass is 10.0. The quantitative estimate of drug-likeness (QED) is 0.537. The number of carboxylic acids is 1. The van der Waals surface area contributed by atoms with Crippen LogP contribution in [0.3, 0.4) is 0 Å². The highest BCUT2D eigenvalue weighted by molar-refractivity contribution is 6.30. The summed E-state index contributed by atoms with van der Waals surface area (Å²) in [6.07, 6.45) is 0. The van der Waals surface area contributed by atoms with E-state index >= 15 is 0 Å². The molecule has 1 N–H and O–H groups in total. The van der Waals surface area contributed by atoms with Crippen LogP contribution in [0.2, 0.25) is 5.02 Å². The molecule has 0 fully saturated rings. The Balaban J connectivity index is 1.81. The van der Waals surface area contributed by atoms with Gasteiger partial charge in [0.1, 0.15) is 17.9 Å². The van der Waals surface area contributed by atoms with Gasteiger partial charge in [-0.3, -0.25) is 0 Å². The van der Waals surface area contributed by atoms with E-state index in [0.717, 1.165) is 16.7 Å². The van der Waals surface area contributed by atoms with Crippen LogP contribution in [0.5, 0.6) is 5.75 Å². The van der Waals surface area contributed by atoms with Gasteiger partial charge in [-0.15, -0.1) is 0 Å². The molecular formula is C23H21ClO3. The van der Waals surface area contributed by atoms with E-state index in [1.165, 1.54) is 5.56 Å². The smallest absolute Gasteiger partial charge is 0.339 e. The minimum Gasteiger partial charge on any atom is -0.488 e. The van der Waals surface area contributed by atoms with Gasteiger partial charge in [0.15, 0.2) is 0 Å². The van der Waals surface area contributed by atoms with Gasteiger partial charge in [0.2, 0.25) is 0 Å². The van der Waals surface area contributed by atoms with Crippen molar-refractivity contribution in [3.05, 3.63) is 88.4 Å². The Morgan fingerprint density at radius 3 is 2.33 bits per heavy atom. The average Bonchev–Trinajstić information content (AvgIpc) is 2.66. The van der Waals surface area contributed by atoms with E-state index in [4.69, 9.17) is 16.3 Å². The Morgan fingerprint density at radius 1 is 1.00 bits per heavy atom. The number of ether oxygens (including phenoxy) is 1. The third kappa shape index (κ3) is 4.69. The van der Waals surface area contributed by atoms with E-state index in [-0.39, 0.29) is 5.56 Å². The fraction of sp³-hybridized carbons (Fsp3) is 0.174. The summed E-state index contributed by atoms with van der Waals surface area (Å²) in [5.41, 5.74) is 4.03. The molecule has 0 aliphatic carbocycles. The molecule has 0 radical (unpaired) electrons. The minimum atomic E-state index is -1.02. The molecule has 0 saturated carbocycles. The lowest BCUT2D eigenvalue weighted by molar-refractivity contribution is 0.0692. The van der Waals surface area contributed by atoms with E-state index in [9.17, 15) is 9.90 Å². The summed E-state index contributed by atoms with van der Waals surface area (Å²) in [5.74, 6) is -0.206. The summed E-state index contributed by atoms with van der Waals surface area (Å²) in [4.78, 5) is 11.7. The first-order valence-corrected chi connectivity index (χ1v) is 9.17. The molecule has 0 bridgehead atoms. The minimum absolute atomic E-state index is 0.131. The molecule has 0 atom stereocenters. The van der Waals surface area contributed by atoms with Gasteiger partial charge in [0.25, 0.3) is 0 Å². The number of hydrogen-bond acceptors (Lipinski definition) is 2. The second-order valence-corrected chi connectivity index (χ2v) is 7.15. The van der Waals surface area contributed by atoms with Gasteiger partial charge in [-0.05, 0) is 52.4 Å². The van der Waals surface area contributed by atoms with Gasteiger partial charge < -0.3 is 9.84 Å². The molecule has 0 aliphatic rings. The number of halogens is 1. The molecule has 27 heavy (non-hydrogen) atoms. The first kappa shape index (κ1) is 19.0. The fourth-order valence-electron chi connectivity index (χ4n) is 2.83. The van der Waals surface area contributed by atoms with Crippen molar-refractivity contribution < 1.29 is 14.6 Å². The molecule has 0 aromatic heterocycles. The first-order chi connectivity index (χ1) is 12.9. The normalized spacial score (nSPS) is 10.8. The second kappa shape index (κ2) is 8.28. The number of carboxylic acid groups (broad SMARTS) is 1. The molecule has 0 unspecified atom stereocenters. The molecule has 3 nitrogen and oxygen atoms in total. The molecular weight excluding hydrogens is 360 g/mol. The Kier molecular flexibility index (Phi) is 5.82. The number of benzene rings is 3. The zero-order chi connectivity index (χ0) is 19.4. The molecule has 3 rings (SSSR count). The van der Waals surface area contributed by atoms with Crippen molar-refractivity contribution >= 4 is 17.6 Å². The third-order valence-corrected chi connectivity index (χ3v) is 4.64. The zero-order valence-corrected chi connectivity index (χ0v) is 16.0. The van der Waals surface area contributed by atoms with Crippen LogP contribution in [0.25, 0.3) is 11.1 Å². The standard InChI is InChI=1S/C23H21ClO3/c1-15(2)17-8-6-16(7-9-17)14-27-22-11-10-19(13-21(22)23(25)26)18-4-3-5-20(24)12-18/h3-13,15H,14H2,1-2H3,(H,25,26). The van der Waals surface area contributed by atoms with Gasteiger partial charge in [-0.2, -0.15) is 0 Å². The summed E-state index contributed by atoms with van der Waals surface area (Å²) in [5, 5.41) is 10.2. The Bertz CT molecular complexity index is 946. The number of carbonyl (C=O) groups is 1. The van der Waals surface area contributed by atoms with E-state index in [1.807, 2.05) is 30.3 Å². The van der Waals surface area contributed by atoms with Crippen LogP contribution in [0.1, 0.15) is 41.3 Å². The number of aromatic carboxylic acids is 1. The van der Waals surface area contributed by atoms with Crippen LogP contribution in [-0.2, 0) is 6.61 Å². The first-order valence-electron chi connectivity index (χ1n) is 8.79. The SMILES string of the molecule is CC(C)c1ccc(COc2ccc(-c3cccc(Cl)c3)cc2C(=O)O)cc1. The Morgan fingerprint density at radius 2 is 1.70 bits per heavy atom. The number of hydrogen-bond donors (Lipinski definition) is 1. The molecule has 138 valence electrons. The molecule has 3 aromatic rings. The van der Waals surface area contributed by atoms with Crippen molar-refractivity contribution in [1.29, 1.82) is 0 Å². The van der Waals surface area contributed by atoms with E-state index in [1.54, 1.807) is 24.3 Å². The van der Waals surface area contributed by atoms with Crippen molar-refractivity contribution in [2.24, 2.45) is 0 Å². The Labute approximate surface area is 164 Å². The van der Waals surface area contributed by atoms with Crippen molar-refractivity contribution in [3.63, 3.8) is 0 Å². The summed E-state index contributed by atoms with van der Waals surface area (Å²) >= 11 is 6.04. The second-order valence-electron chi connectivity index (χ2n) is 6.71. The molecule has 0 saturated heterocycles. The van der Waals surface area contributed by atoms with E-state index in [0.29, 0.717) is 23.3 Å². The monoisotopic (exact) mass is 380 g/mol. The average molecular weight is 381 g/mol. The van der Waals surface area contributed by atoms with Crippen LogP contribution >= 0.6 is 11.6 Å². The van der Waals surface area contributed by atoms with Crippen molar-refractivity contribution in [1.82, 2.24) is 0 Å². The predicted molar refractivity (Wildman–Crippen MR) is 109 cm³/mol. The lowest BCUT2D eigenvalue weighted by Gasteiger charge is -2.12. The van der Waals surface area contributed by atoms with Crippen molar-refractivity contribution in [3.8, 4) is 16.9 Å². The summed E-state index contributed by atoms with van der Waals surface area (Å²) in [7, 11) is 0. The fourth-order valence-corrected chi connectivity index (χ4v) is 3.02. The van der Waals surface area contributed by atoms with Gasteiger partial charge in [0.05, 0.1) is 0 Å². The van der Waals surface area contributed by atoms with Crippen LogP contribution in [0.4, 0.5) is 0 Å². The topological polar surface area (TPSA) is 46.5 Å². The molecule has 0 aliphatic heterocycles.